The second kappa shape index (κ2) is 6.04. The zero-order valence-corrected chi connectivity index (χ0v) is 11.3. The number of amides is 2. The van der Waals surface area contributed by atoms with Crippen LogP contribution >= 0.6 is 0 Å². The van der Waals surface area contributed by atoms with E-state index in [0.29, 0.717) is 16.9 Å². The normalized spacial score (nSPS) is 10.0. The van der Waals surface area contributed by atoms with Gasteiger partial charge in [0.05, 0.1) is 5.56 Å². The van der Waals surface area contributed by atoms with Gasteiger partial charge in [0.1, 0.15) is 5.82 Å². The summed E-state index contributed by atoms with van der Waals surface area (Å²) in [5, 5.41) is 5.01. The molecule has 0 bridgehead atoms. The van der Waals surface area contributed by atoms with Crippen molar-refractivity contribution in [3.63, 3.8) is 0 Å². The van der Waals surface area contributed by atoms with E-state index in [2.05, 4.69) is 10.6 Å². The highest BCUT2D eigenvalue weighted by atomic mass is 19.1. The molecule has 5 nitrogen and oxygen atoms in total. The number of nitrogens with two attached hydrogens (primary N) is 1. The summed E-state index contributed by atoms with van der Waals surface area (Å²) < 4.78 is 13.6. The van der Waals surface area contributed by atoms with E-state index in [4.69, 9.17) is 5.73 Å². The Morgan fingerprint density at radius 2 is 1.86 bits per heavy atom. The minimum absolute atomic E-state index is 0.152. The molecule has 0 aliphatic heterocycles. The zero-order valence-electron chi connectivity index (χ0n) is 11.3. The first-order valence-corrected chi connectivity index (χ1v) is 6.20. The first-order chi connectivity index (χ1) is 10.0. The maximum Gasteiger partial charge on any atom is 0.258 e. The molecule has 0 unspecified atom stereocenters. The number of hydrogen-bond acceptors (Lipinski definition) is 3. The van der Waals surface area contributed by atoms with E-state index in [0.717, 1.165) is 6.07 Å². The van der Waals surface area contributed by atoms with Gasteiger partial charge in [-0.3, -0.25) is 9.59 Å². The summed E-state index contributed by atoms with van der Waals surface area (Å²) in [5.74, 6) is -1.57. The number of halogens is 1. The van der Waals surface area contributed by atoms with Crippen LogP contribution in [0.1, 0.15) is 20.7 Å². The molecule has 0 saturated heterocycles. The van der Waals surface area contributed by atoms with Gasteiger partial charge in [-0.1, -0.05) is 6.07 Å². The lowest BCUT2D eigenvalue weighted by atomic mass is 10.1. The monoisotopic (exact) mass is 287 g/mol. The molecular weight excluding hydrogens is 273 g/mol. The molecule has 2 amide bonds. The second-order valence-electron chi connectivity index (χ2n) is 4.35. The molecule has 0 aromatic heterocycles. The lowest BCUT2D eigenvalue weighted by Gasteiger charge is -2.08. The van der Waals surface area contributed by atoms with Crippen LogP contribution in [0.2, 0.25) is 0 Å². The van der Waals surface area contributed by atoms with E-state index in [1.165, 1.54) is 25.2 Å². The van der Waals surface area contributed by atoms with Gasteiger partial charge in [-0.15, -0.1) is 0 Å². The largest absolute Gasteiger partial charge is 0.399 e. The highest BCUT2D eigenvalue weighted by Gasteiger charge is 2.13. The van der Waals surface area contributed by atoms with Crippen molar-refractivity contribution in [2.45, 2.75) is 0 Å². The van der Waals surface area contributed by atoms with Crippen molar-refractivity contribution < 1.29 is 14.0 Å². The summed E-state index contributed by atoms with van der Waals surface area (Å²) in [6.07, 6.45) is 0. The molecule has 0 aliphatic rings. The van der Waals surface area contributed by atoms with Crippen LogP contribution in [0.3, 0.4) is 0 Å². The Bertz CT molecular complexity index is 701. The Labute approximate surface area is 121 Å². The summed E-state index contributed by atoms with van der Waals surface area (Å²) in [6, 6.07) is 10.1. The number of hydrogen-bond donors (Lipinski definition) is 3. The van der Waals surface area contributed by atoms with Crippen molar-refractivity contribution >= 4 is 23.2 Å². The van der Waals surface area contributed by atoms with Crippen molar-refractivity contribution in [3.8, 4) is 0 Å². The van der Waals surface area contributed by atoms with Gasteiger partial charge in [-0.05, 0) is 36.4 Å². The Morgan fingerprint density at radius 3 is 2.57 bits per heavy atom. The van der Waals surface area contributed by atoms with E-state index < -0.39 is 11.7 Å². The fourth-order valence-electron chi connectivity index (χ4n) is 1.80. The molecule has 0 atom stereocenters. The van der Waals surface area contributed by atoms with Gasteiger partial charge in [0.15, 0.2) is 0 Å². The molecule has 0 radical (unpaired) electrons. The van der Waals surface area contributed by atoms with E-state index in [1.54, 1.807) is 18.2 Å². The van der Waals surface area contributed by atoms with Gasteiger partial charge in [-0.25, -0.2) is 4.39 Å². The molecule has 2 rings (SSSR count). The SMILES string of the molecule is CNC(=O)c1cccc(NC(=O)c2cc(N)ccc2F)c1. The second-order valence-corrected chi connectivity index (χ2v) is 4.35. The Balaban J connectivity index is 2.23. The number of anilines is 2. The van der Waals surface area contributed by atoms with E-state index in [-0.39, 0.29) is 11.5 Å². The molecule has 2 aromatic rings. The summed E-state index contributed by atoms with van der Waals surface area (Å²) in [4.78, 5) is 23.6. The Morgan fingerprint density at radius 1 is 1.10 bits per heavy atom. The maximum absolute atomic E-state index is 13.6. The van der Waals surface area contributed by atoms with Crippen LogP contribution in [-0.4, -0.2) is 18.9 Å². The first-order valence-electron chi connectivity index (χ1n) is 6.20. The minimum Gasteiger partial charge on any atom is -0.399 e. The smallest absolute Gasteiger partial charge is 0.258 e. The van der Waals surface area contributed by atoms with E-state index >= 15 is 0 Å². The molecule has 0 heterocycles. The standard InChI is InChI=1S/C15H14FN3O2/c1-18-14(20)9-3-2-4-11(7-9)19-15(21)12-8-10(17)5-6-13(12)16/h2-8H,17H2,1H3,(H,18,20)(H,19,21). The first kappa shape index (κ1) is 14.5. The highest BCUT2D eigenvalue weighted by molar-refractivity contribution is 6.05. The lowest BCUT2D eigenvalue weighted by molar-refractivity contribution is 0.0961. The number of carbonyl (C=O) groups is 2. The van der Waals surface area contributed by atoms with Crippen molar-refractivity contribution in [1.29, 1.82) is 0 Å². The van der Waals surface area contributed by atoms with Crippen molar-refractivity contribution in [2.24, 2.45) is 0 Å². The zero-order chi connectivity index (χ0) is 15.4. The van der Waals surface area contributed by atoms with Gasteiger partial charge in [0.2, 0.25) is 0 Å². The van der Waals surface area contributed by atoms with Gasteiger partial charge in [0.25, 0.3) is 11.8 Å². The molecule has 2 aromatic carbocycles. The maximum atomic E-state index is 13.6. The van der Waals surface area contributed by atoms with Crippen LogP contribution in [0.5, 0.6) is 0 Å². The van der Waals surface area contributed by atoms with Crippen LogP contribution in [0, 0.1) is 5.82 Å². The number of nitrogen functional groups attached to an aromatic ring is 1. The van der Waals surface area contributed by atoms with Gasteiger partial charge < -0.3 is 16.4 Å². The lowest BCUT2D eigenvalue weighted by Crippen LogP contribution is -2.18. The molecule has 0 aliphatic carbocycles. The van der Waals surface area contributed by atoms with Crippen LogP contribution in [0.4, 0.5) is 15.8 Å². The number of rotatable bonds is 3. The third-order valence-electron chi connectivity index (χ3n) is 2.84. The minimum atomic E-state index is -0.663. The predicted octanol–water partition coefficient (Wildman–Crippen LogP) is 2.02. The molecule has 0 spiro atoms. The predicted molar refractivity (Wildman–Crippen MR) is 78.6 cm³/mol. The molecule has 4 N–H and O–H groups in total. The number of nitrogens with one attached hydrogen (secondary N) is 2. The third-order valence-corrected chi connectivity index (χ3v) is 2.84. The average molecular weight is 287 g/mol. The third kappa shape index (κ3) is 3.36. The topological polar surface area (TPSA) is 84.2 Å². The fourth-order valence-corrected chi connectivity index (χ4v) is 1.80. The van der Waals surface area contributed by atoms with E-state index in [1.807, 2.05) is 0 Å². The Kier molecular flexibility index (Phi) is 4.18. The quantitative estimate of drug-likeness (QED) is 0.755. The summed E-state index contributed by atoms with van der Waals surface area (Å²) in [6.45, 7) is 0. The molecule has 0 fully saturated rings. The van der Waals surface area contributed by atoms with Crippen LogP contribution in [0.15, 0.2) is 42.5 Å². The molecule has 6 heteroatoms. The van der Waals surface area contributed by atoms with Crippen LogP contribution in [0.25, 0.3) is 0 Å². The van der Waals surface area contributed by atoms with Gasteiger partial charge in [0, 0.05) is 24.0 Å². The number of carbonyl (C=O) groups excluding carboxylic acids is 2. The van der Waals surface area contributed by atoms with E-state index in [9.17, 15) is 14.0 Å². The highest BCUT2D eigenvalue weighted by Crippen LogP contribution is 2.16. The van der Waals surface area contributed by atoms with Crippen LogP contribution in [-0.2, 0) is 0 Å². The van der Waals surface area contributed by atoms with Crippen molar-refractivity contribution in [1.82, 2.24) is 5.32 Å². The summed E-state index contributed by atoms with van der Waals surface area (Å²) >= 11 is 0. The Hall–Kier alpha value is -2.89. The van der Waals surface area contributed by atoms with Gasteiger partial charge in [-0.2, -0.15) is 0 Å². The summed E-state index contributed by atoms with van der Waals surface area (Å²) in [5.41, 5.74) is 6.46. The summed E-state index contributed by atoms with van der Waals surface area (Å²) in [7, 11) is 1.51. The number of benzene rings is 2. The molecular formula is C15H14FN3O2. The van der Waals surface area contributed by atoms with Crippen molar-refractivity contribution in [2.75, 3.05) is 18.1 Å². The molecule has 21 heavy (non-hydrogen) atoms. The fraction of sp³-hybridized carbons (Fsp3) is 0.0667. The van der Waals surface area contributed by atoms with Crippen molar-refractivity contribution in [3.05, 3.63) is 59.4 Å². The molecule has 0 saturated carbocycles. The van der Waals surface area contributed by atoms with Crippen LogP contribution < -0.4 is 16.4 Å². The van der Waals surface area contributed by atoms with Gasteiger partial charge >= 0.3 is 0 Å². The average Bonchev–Trinajstić information content (AvgIpc) is 2.49. The molecule has 108 valence electrons.